The lowest BCUT2D eigenvalue weighted by molar-refractivity contribution is 0.533. The van der Waals surface area contributed by atoms with Crippen LogP contribution in [0.3, 0.4) is 0 Å². The van der Waals surface area contributed by atoms with Gasteiger partial charge in [0.05, 0.1) is 0 Å². The molecule has 1 rings (SSSR count). The number of unbranched alkanes of at least 4 members (excludes halogenated alkanes) is 11. The van der Waals surface area contributed by atoms with Crippen LogP contribution in [0.2, 0.25) is 0 Å². The van der Waals surface area contributed by atoms with Gasteiger partial charge in [-0.25, -0.2) is 0 Å². The third-order valence-electron chi connectivity index (χ3n) is 5.40. The van der Waals surface area contributed by atoms with Crippen LogP contribution in [0.5, 0.6) is 0 Å². The predicted octanol–water partition coefficient (Wildman–Crippen LogP) is 8.55. The average molecular weight is 346 g/mol. The first-order chi connectivity index (χ1) is 12.3. The molecule has 1 N–H and O–H groups in total. The van der Waals surface area contributed by atoms with Crippen molar-refractivity contribution in [1.29, 1.82) is 0 Å². The van der Waals surface area contributed by atoms with Gasteiger partial charge in [0.25, 0.3) is 0 Å². The fourth-order valence-corrected chi connectivity index (χ4v) is 3.72. The number of aromatic amines is 1. The van der Waals surface area contributed by atoms with E-state index in [2.05, 4.69) is 50.2 Å². The summed E-state index contributed by atoms with van der Waals surface area (Å²) in [5.74, 6) is 0.597. The van der Waals surface area contributed by atoms with Gasteiger partial charge in [-0.2, -0.15) is 0 Å². The minimum Gasteiger partial charge on any atom is -0.364 e. The number of aromatic nitrogens is 1. The summed E-state index contributed by atoms with van der Waals surface area (Å²) in [6.07, 6.45) is 23.9. The quantitative estimate of drug-likeness (QED) is 0.228. The van der Waals surface area contributed by atoms with E-state index >= 15 is 0 Å². The minimum atomic E-state index is 0.597. The third kappa shape index (κ3) is 10.6. The maximum absolute atomic E-state index is 3.44. The summed E-state index contributed by atoms with van der Waals surface area (Å²) in [5, 5.41) is 0. The molecule has 0 aliphatic rings. The van der Waals surface area contributed by atoms with Crippen molar-refractivity contribution in [3.05, 3.63) is 35.7 Å². The first kappa shape index (κ1) is 22.1. The number of H-pyrrole nitrogens is 1. The highest BCUT2D eigenvalue weighted by atomic mass is 14.7. The Labute approximate surface area is 157 Å². The van der Waals surface area contributed by atoms with Gasteiger partial charge in [-0.15, -0.1) is 0 Å². The summed E-state index contributed by atoms with van der Waals surface area (Å²) in [4.78, 5) is 3.44. The molecule has 0 aromatic carbocycles. The standard InChI is InChI=1S/C24H43N/c1-4-6-8-9-10-11-12-13-14-15-16-19-23(22(3)18-7-5-2)24-20-17-21-25-24/h17-18,20-21,23,25H,4-16,19H2,1-3H3. The highest BCUT2D eigenvalue weighted by Gasteiger charge is 2.13. The zero-order valence-corrected chi connectivity index (χ0v) is 17.3. The van der Waals surface area contributed by atoms with Gasteiger partial charge in [0.15, 0.2) is 0 Å². The van der Waals surface area contributed by atoms with Gasteiger partial charge in [0.2, 0.25) is 0 Å². The van der Waals surface area contributed by atoms with Crippen LogP contribution in [0.1, 0.15) is 122 Å². The van der Waals surface area contributed by atoms with Crippen molar-refractivity contribution in [2.75, 3.05) is 0 Å². The number of allylic oxidation sites excluding steroid dienone is 2. The Bertz CT molecular complexity index is 415. The van der Waals surface area contributed by atoms with Crippen molar-refractivity contribution >= 4 is 0 Å². The molecular formula is C24H43N. The number of hydrogen-bond donors (Lipinski definition) is 1. The van der Waals surface area contributed by atoms with Crippen molar-refractivity contribution in [2.24, 2.45) is 0 Å². The van der Waals surface area contributed by atoms with Crippen molar-refractivity contribution in [1.82, 2.24) is 4.98 Å². The summed E-state index contributed by atoms with van der Waals surface area (Å²) in [7, 11) is 0. The molecule has 25 heavy (non-hydrogen) atoms. The fourth-order valence-electron chi connectivity index (χ4n) is 3.72. The van der Waals surface area contributed by atoms with Crippen LogP contribution < -0.4 is 0 Å². The zero-order chi connectivity index (χ0) is 18.2. The van der Waals surface area contributed by atoms with Crippen LogP contribution in [0, 0.1) is 0 Å². The Morgan fingerprint density at radius 1 is 0.880 bits per heavy atom. The lowest BCUT2D eigenvalue weighted by Crippen LogP contribution is -2.01. The Kier molecular flexibility index (Phi) is 13.5. The number of hydrogen-bond acceptors (Lipinski definition) is 0. The predicted molar refractivity (Wildman–Crippen MR) is 113 cm³/mol. The Morgan fingerprint density at radius 3 is 2.00 bits per heavy atom. The van der Waals surface area contributed by atoms with Gasteiger partial charge < -0.3 is 4.98 Å². The van der Waals surface area contributed by atoms with Gasteiger partial charge >= 0.3 is 0 Å². The molecule has 0 aliphatic heterocycles. The van der Waals surface area contributed by atoms with Crippen molar-refractivity contribution in [3.63, 3.8) is 0 Å². The van der Waals surface area contributed by atoms with E-state index < -0.39 is 0 Å². The number of rotatable bonds is 16. The summed E-state index contributed by atoms with van der Waals surface area (Å²) >= 11 is 0. The lowest BCUT2D eigenvalue weighted by atomic mass is 9.90. The van der Waals surface area contributed by atoms with Crippen molar-refractivity contribution in [3.8, 4) is 0 Å². The molecule has 1 heteroatoms. The average Bonchev–Trinajstić information content (AvgIpc) is 3.15. The third-order valence-corrected chi connectivity index (χ3v) is 5.40. The van der Waals surface area contributed by atoms with E-state index in [1.807, 2.05) is 0 Å². The molecule has 0 spiro atoms. The summed E-state index contributed by atoms with van der Waals surface area (Å²) in [6, 6.07) is 4.39. The van der Waals surface area contributed by atoms with E-state index in [0.717, 1.165) is 0 Å². The Balaban J connectivity index is 2.14. The normalized spacial score (nSPS) is 13.3. The molecule has 1 atom stereocenters. The zero-order valence-electron chi connectivity index (χ0n) is 17.3. The summed E-state index contributed by atoms with van der Waals surface area (Å²) < 4.78 is 0. The molecule has 144 valence electrons. The van der Waals surface area contributed by atoms with Crippen LogP contribution in [0.4, 0.5) is 0 Å². The molecular weight excluding hydrogens is 302 g/mol. The largest absolute Gasteiger partial charge is 0.364 e. The summed E-state index contributed by atoms with van der Waals surface area (Å²) in [6.45, 7) is 6.87. The van der Waals surface area contributed by atoms with E-state index in [1.165, 1.54) is 95.6 Å². The topological polar surface area (TPSA) is 15.8 Å². The monoisotopic (exact) mass is 345 g/mol. The molecule has 1 heterocycles. The lowest BCUT2D eigenvalue weighted by Gasteiger charge is -2.17. The molecule has 0 saturated heterocycles. The van der Waals surface area contributed by atoms with Gasteiger partial charge in [-0.3, -0.25) is 0 Å². The molecule has 1 unspecified atom stereocenters. The second-order valence-corrected chi connectivity index (χ2v) is 7.74. The van der Waals surface area contributed by atoms with E-state index in [9.17, 15) is 0 Å². The van der Waals surface area contributed by atoms with Gasteiger partial charge in [-0.1, -0.05) is 103 Å². The molecule has 1 nitrogen and oxygen atoms in total. The molecule has 0 amide bonds. The molecule has 0 saturated carbocycles. The van der Waals surface area contributed by atoms with E-state index in [-0.39, 0.29) is 0 Å². The number of nitrogens with one attached hydrogen (secondary N) is 1. The van der Waals surface area contributed by atoms with Crippen LogP contribution in [-0.4, -0.2) is 4.98 Å². The van der Waals surface area contributed by atoms with Crippen LogP contribution >= 0.6 is 0 Å². The summed E-state index contributed by atoms with van der Waals surface area (Å²) in [5.41, 5.74) is 2.95. The second-order valence-electron chi connectivity index (χ2n) is 7.74. The maximum Gasteiger partial charge on any atom is 0.0219 e. The molecule has 1 aromatic rings. The van der Waals surface area contributed by atoms with Gasteiger partial charge in [-0.05, 0) is 31.9 Å². The first-order valence-corrected chi connectivity index (χ1v) is 11.1. The van der Waals surface area contributed by atoms with E-state index in [4.69, 9.17) is 0 Å². The fraction of sp³-hybridized carbons (Fsp3) is 0.750. The first-order valence-electron chi connectivity index (χ1n) is 11.1. The Hall–Kier alpha value is -0.980. The van der Waals surface area contributed by atoms with Crippen molar-refractivity contribution < 1.29 is 0 Å². The molecule has 1 aromatic heterocycles. The van der Waals surface area contributed by atoms with Gasteiger partial charge in [0.1, 0.15) is 0 Å². The highest BCUT2D eigenvalue weighted by molar-refractivity contribution is 5.22. The second kappa shape index (κ2) is 15.3. The molecule has 0 aliphatic carbocycles. The van der Waals surface area contributed by atoms with Crippen LogP contribution in [-0.2, 0) is 0 Å². The Morgan fingerprint density at radius 2 is 1.48 bits per heavy atom. The smallest absolute Gasteiger partial charge is 0.0219 e. The molecule has 0 fully saturated rings. The minimum absolute atomic E-state index is 0.597. The van der Waals surface area contributed by atoms with E-state index in [1.54, 1.807) is 5.57 Å². The molecule has 0 bridgehead atoms. The highest BCUT2D eigenvalue weighted by Crippen LogP contribution is 2.29. The van der Waals surface area contributed by atoms with Crippen LogP contribution in [0.25, 0.3) is 0 Å². The van der Waals surface area contributed by atoms with E-state index in [0.29, 0.717) is 5.92 Å². The molecule has 0 radical (unpaired) electrons. The SMILES string of the molecule is CCCC=C(C)C(CCCCCCCCCCCCC)c1ccc[nH]1. The van der Waals surface area contributed by atoms with Gasteiger partial charge in [0, 0.05) is 17.8 Å². The maximum atomic E-state index is 3.44. The van der Waals surface area contributed by atoms with Crippen LogP contribution in [0.15, 0.2) is 30.0 Å². The van der Waals surface area contributed by atoms with Crippen molar-refractivity contribution in [2.45, 2.75) is 117 Å².